The molecule has 0 unspecified atom stereocenters. The van der Waals surface area contributed by atoms with E-state index in [0.29, 0.717) is 12.2 Å². The summed E-state index contributed by atoms with van der Waals surface area (Å²) in [4.78, 5) is 0. The summed E-state index contributed by atoms with van der Waals surface area (Å²) in [7, 11) is -0.596. The monoisotopic (exact) mass is 434 g/mol. The number of hydrogen-bond acceptors (Lipinski definition) is 1. The molecule has 0 amide bonds. The van der Waals surface area contributed by atoms with Crippen molar-refractivity contribution in [1.29, 1.82) is 0 Å². The minimum atomic E-state index is -0.928. The van der Waals surface area contributed by atoms with Gasteiger partial charge < -0.3 is 4.74 Å². The summed E-state index contributed by atoms with van der Waals surface area (Å²) in [5, 5.41) is 0. The summed E-state index contributed by atoms with van der Waals surface area (Å²) in [6.07, 6.45) is 6.72. The number of rotatable bonds is 10. The van der Waals surface area contributed by atoms with Gasteiger partial charge in [0.05, 0.1) is 13.3 Å². The van der Waals surface area contributed by atoms with E-state index in [1.54, 1.807) is 13.0 Å². The number of benzene rings is 2. The fourth-order valence-electron chi connectivity index (χ4n) is 4.58. The van der Waals surface area contributed by atoms with Crippen molar-refractivity contribution >= 4 is 8.80 Å². The van der Waals surface area contributed by atoms with Crippen molar-refractivity contribution in [3.63, 3.8) is 0 Å². The molecule has 0 N–H and O–H groups in total. The largest absolute Gasteiger partial charge is 0.491 e. The van der Waals surface area contributed by atoms with E-state index in [4.69, 9.17) is 4.74 Å². The molecule has 1 nitrogen and oxygen atoms in total. The van der Waals surface area contributed by atoms with Crippen LogP contribution < -0.4 is 4.74 Å². The van der Waals surface area contributed by atoms with E-state index >= 15 is 0 Å². The Hall–Kier alpha value is -1.75. The third kappa shape index (κ3) is 6.13. The van der Waals surface area contributed by atoms with Gasteiger partial charge >= 0.3 is 0 Å². The molecule has 0 spiro atoms. The van der Waals surface area contributed by atoms with Crippen molar-refractivity contribution < 1.29 is 17.9 Å². The molecule has 5 heteroatoms. The van der Waals surface area contributed by atoms with Crippen molar-refractivity contribution in [2.45, 2.75) is 63.6 Å². The number of alkyl halides is 1. The Morgan fingerprint density at radius 2 is 1.70 bits per heavy atom. The van der Waals surface area contributed by atoms with E-state index in [0.717, 1.165) is 25.2 Å². The van der Waals surface area contributed by atoms with Crippen molar-refractivity contribution in [3.8, 4) is 16.9 Å². The first-order valence-electron chi connectivity index (χ1n) is 11.4. The lowest BCUT2D eigenvalue weighted by atomic mass is 9.93. The van der Waals surface area contributed by atoms with E-state index in [9.17, 15) is 13.2 Å². The zero-order chi connectivity index (χ0) is 21.3. The number of ether oxygens (including phenoxy) is 1. The molecule has 1 saturated heterocycles. The SMILES string of the molecule is CCOc1ccc(-c2ccc(CC[C@H]3CC[Si@H](CCCCF)CC3)cc2)c(F)c1F. The fourth-order valence-corrected chi connectivity index (χ4v) is 8.20. The molecule has 164 valence electrons. The molecular weight excluding hydrogens is 401 g/mol. The first kappa shape index (κ1) is 22.9. The molecular formula is C25H33F3OSi. The number of unbranched alkanes of at least 4 members (excludes halogenated alkanes) is 1. The van der Waals surface area contributed by atoms with E-state index in [1.807, 2.05) is 24.3 Å². The number of aryl methyl sites for hydroxylation is 1. The lowest BCUT2D eigenvalue weighted by molar-refractivity contribution is 0.314. The van der Waals surface area contributed by atoms with E-state index in [2.05, 4.69) is 0 Å². The van der Waals surface area contributed by atoms with Crippen LogP contribution in [0, 0.1) is 17.6 Å². The zero-order valence-corrected chi connectivity index (χ0v) is 19.1. The molecule has 2 aromatic carbocycles. The molecule has 0 bridgehead atoms. The van der Waals surface area contributed by atoms with Crippen LogP contribution >= 0.6 is 0 Å². The Morgan fingerprint density at radius 1 is 0.967 bits per heavy atom. The van der Waals surface area contributed by atoms with Gasteiger partial charge in [-0.15, -0.1) is 0 Å². The Labute approximate surface area is 180 Å². The van der Waals surface area contributed by atoms with E-state index < -0.39 is 20.4 Å². The van der Waals surface area contributed by atoms with Gasteiger partial charge in [-0.1, -0.05) is 61.7 Å². The Balaban J connectivity index is 1.50. The van der Waals surface area contributed by atoms with Gasteiger partial charge in [-0.05, 0) is 55.4 Å². The molecule has 0 aliphatic carbocycles. The van der Waals surface area contributed by atoms with Crippen LogP contribution in [0.3, 0.4) is 0 Å². The van der Waals surface area contributed by atoms with Crippen LogP contribution in [0.15, 0.2) is 36.4 Å². The maximum Gasteiger partial charge on any atom is 0.201 e. The molecule has 0 radical (unpaired) electrons. The summed E-state index contributed by atoms with van der Waals surface area (Å²) >= 11 is 0. The lowest BCUT2D eigenvalue weighted by Gasteiger charge is -2.27. The highest BCUT2D eigenvalue weighted by atomic mass is 28.3. The summed E-state index contributed by atoms with van der Waals surface area (Å²) in [5.41, 5.74) is 2.18. The molecule has 1 fully saturated rings. The summed E-state index contributed by atoms with van der Waals surface area (Å²) in [6.45, 7) is 1.88. The average molecular weight is 435 g/mol. The highest BCUT2D eigenvalue weighted by Gasteiger charge is 2.21. The van der Waals surface area contributed by atoms with Gasteiger partial charge in [-0.25, -0.2) is 4.39 Å². The summed E-state index contributed by atoms with van der Waals surface area (Å²) < 4.78 is 45.9. The van der Waals surface area contributed by atoms with Crippen molar-refractivity contribution in [3.05, 3.63) is 53.6 Å². The van der Waals surface area contributed by atoms with E-state index in [-0.39, 0.29) is 18.0 Å². The fraction of sp³-hybridized carbons (Fsp3) is 0.520. The van der Waals surface area contributed by atoms with Crippen LogP contribution in [-0.2, 0) is 6.42 Å². The van der Waals surface area contributed by atoms with Crippen LogP contribution in [0.2, 0.25) is 18.1 Å². The minimum Gasteiger partial charge on any atom is -0.491 e. The second-order valence-corrected chi connectivity index (χ2v) is 11.9. The zero-order valence-electron chi connectivity index (χ0n) is 17.9. The van der Waals surface area contributed by atoms with Gasteiger partial charge in [0.25, 0.3) is 0 Å². The van der Waals surface area contributed by atoms with Crippen molar-refractivity contribution in [2.24, 2.45) is 5.92 Å². The van der Waals surface area contributed by atoms with Crippen molar-refractivity contribution in [2.75, 3.05) is 13.3 Å². The molecule has 0 atom stereocenters. The van der Waals surface area contributed by atoms with Gasteiger partial charge in [0.15, 0.2) is 11.6 Å². The smallest absolute Gasteiger partial charge is 0.201 e. The molecule has 2 aromatic rings. The van der Waals surface area contributed by atoms with Gasteiger partial charge in [-0.3, -0.25) is 4.39 Å². The highest BCUT2D eigenvalue weighted by Crippen LogP contribution is 2.32. The van der Waals surface area contributed by atoms with Gasteiger partial charge in [0.1, 0.15) is 0 Å². The van der Waals surface area contributed by atoms with Crippen LogP contribution in [0.4, 0.5) is 13.2 Å². The normalized spacial score (nSPS) is 19.1. The maximum absolute atomic E-state index is 14.4. The molecule has 1 aliphatic rings. The molecule has 3 rings (SSSR count). The Bertz CT molecular complexity index is 786. The number of halogens is 3. The predicted octanol–water partition coefficient (Wildman–Crippen LogP) is 7.35. The average Bonchev–Trinajstić information content (AvgIpc) is 2.77. The minimum absolute atomic E-state index is 0.0458. The van der Waals surface area contributed by atoms with Crippen LogP contribution in [0.25, 0.3) is 11.1 Å². The van der Waals surface area contributed by atoms with Crippen molar-refractivity contribution in [1.82, 2.24) is 0 Å². The standard InChI is InChI=1S/C25H33F3OSi/c1-2-29-23-12-11-22(24(27)25(23)28)21-9-7-19(8-10-21)5-6-20-13-17-30(18-14-20)16-4-3-15-26/h7-12,20,30H,2-6,13-18H2,1H3/t20-,30-. The van der Waals surface area contributed by atoms with Gasteiger partial charge in [0, 0.05) is 14.4 Å². The quantitative estimate of drug-likeness (QED) is 0.281. The third-order valence-electron chi connectivity index (χ3n) is 6.42. The molecule has 1 heterocycles. The maximum atomic E-state index is 14.4. The summed E-state index contributed by atoms with van der Waals surface area (Å²) in [6, 6.07) is 15.0. The highest BCUT2D eigenvalue weighted by molar-refractivity contribution is 6.58. The predicted molar refractivity (Wildman–Crippen MR) is 121 cm³/mol. The van der Waals surface area contributed by atoms with Crippen LogP contribution in [0.1, 0.15) is 44.6 Å². The third-order valence-corrected chi connectivity index (χ3v) is 9.94. The molecule has 1 aliphatic heterocycles. The number of hydrogen-bond donors (Lipinski definition) is 0. The summed E-state index contributed by atoms with van der Waals surface area (Å²) in [5.74, 6) is -1.04. The first-order chi connectivity index (χ1) is 14.6. The molecule has 30 heavy (non-hydrogen) atoms. The Morgan fingerprint density at radius 3 is 2.37 bits per heavy atom. The Kier molecular flexibility index (Phi) is 8.85. The van der Waals surface area contributed by atoms with Crippen LogP contribution in [0.5, 0.6) is 5.75 Å². The second kappa shape index (κ2) is 11.6. The lowest BCUT2D eigenvalue weighted by Crippen LogP contribution is -2.21. The first-order valence-corrected chi connectivity index (χ1v) is 13.8. The van der Waals surface area contributed by atoms with Crippen LogP contribution in [-0.4, -0.2) is 22.1 Å². The molecule has 0 aromatic heterocycles. The van der Waals surface area contributed by atoms with Gasteiger partial charge in [0.2, 0.25) is 5.82 Å². The van der Waals surface area contributed by atoms with E-state index in [1.165, 1.54) is 49.0 Å². The topological polar surface area (TPSA) is 9.23 Å². The molecule has 0 saturated carbocycles. The second-order valence-electron chi connectivity index (χ2n) is 8.48. The van der Waals surface area contributed by atoms with Gasteiger partial charge in [-0.2, -0.15) is 4.39 Å².